The van der Waals surface area contributed by atoms with Crippen molar-refractivity contribution in [1.82, 2.24) is 10.2 Å². The normalized spacial score (nSPS) is 12.2. The molecule has 0 bridgehead atoms. The van der Waals surface area contributed by atoms with Crippen molar-refractivity contribution in [3.63, 3.8) is 0 Å². The smallest absolute Gasteiger partial charge is 0.251 e. The van der Waals surface area contributed by atoms with Gasteiger partial charge in [0.15, 0.2) is 0 Å². The summed E-state index contributed by atoms with van der Waals surface area (Å²) in [5.74, 6) is 2.37. The number of nitrogens with zero attached hydrogens (tertiary/aromatic N) is 1. The Morgan fingerprint density at radius 3 is 2.43 bits per heavy atom. The van der Waals surface area contributed by atoms with Gasteiger partial charge in [-0.25, -0.2) is 0 Å². The van der Waals surface area contributed by atoms with Crippen LogP contribution in [0.4, 0.5) is 0 Å². The molecule has 1 amide bonds. The Morgan fingerprint density at radius 2 is 1.91 bits per heavy atom. The average molecular weight is 316 g/mol. The van der Waals surface area contributed by atoms with Gasteiger partial charge in [0, 0.05) is 12.1 Å². The minimum Gasteiger partial charge on any atom is -0.494 e. The second kappa shape index (κ2) is 7.83. The summed E-state index contributed by atoms with van der Waals surface area (Å²) in [7, 11) is 3.93. The summed E-state index contributed by atoms with van der Waals surface area (Å²) in [6.45, 7) is 4.93. The van der Waals surface area contributed by atoms with E-state index in [-0.39, 0.29) is 11.9 Å². The molecule has 0 aliphatic carbocycles. The monoisotopic (exact) mass is 316 g/mol. The first-order chi connectivity index (χ1) is 11.0. The van der Waals surface area contributed by atoms with Crippen molar-refractivity contribution < 1.29 is 13.9 Å². The number of aryl methyl sites for hydroxylation is 1. The van der Waals surface area contributed by atoms with Crippen molar-refractivity contribution >= 4 is 5.91 Å². The molecular weight excluding hydrogens is 292 g/mol. The molecule has 1 N–H and O–H groups in total. The summed E-state index contributed by atoms with van der Waals surface area (Å²) in [6.07, 6.45) is 0. The van der Waals surface area contributed by atoms with Gasteiger partial charge in [-0.1, -0.05) is 0 Å². The Labute approximate surface area is 137 Å². The van der Waals surface area contributed by atoms with Crippen LogP contribution in [0.3, 0.4) is 0 Å². The molecule has 2 rings (SSSR count). The fraction of sp³-hybridized carbons (Fsp3) is 0.389. The second-order valence-corrected chi connectivity index (χ2v) is 5.60. The first kappa shape index (κ1) is 17.1. The summed E-state index contributed by atoms with van der Waals surface area (Å²) >= 11 is 0. The summed E-state index contributed by atoms with van der Waals surface area (Å²) in [4.78, 5) is 14.3. The second-order valence-electron chi connectivity index (χ2n) is 5.60. The standard InChI is InChI=1S/C18H24N2O3/c1-5-22-15-9-7-14(8-10-15)18(21)19-12-16(20(3)4)17-11-6-13(2)23-17/h6-11,16H,5,12H2,1-4H3,(H,19,21). The SMILES string of the molecule is CCOc1ccc(C(=O)NCC(c2ccc(C)o2)N(C)C)cc1. The molecule has 0 aliphatic heterocycles. The highest BCUT2D eigenvalue weighted by molar-refractivity contribution is 5.94. The third kappa shape index (κ3) is 4.60. The van der Waals surface area contributed by atoms with Gasteiger partial charge in [-0.15, -0.1) is 0 Å². The maximum atomic E-state index is 12.3. The van der Waals surface area contributed by atoms with Gasteiger partial charge >= 0.3 is 0 Å². The van der Waals surface area contributed by atoms with Gasteiger partial charge in [-0.2, -0.15) is 0 Å². The number of furan rings is 1. The topological polar surface area (TPSA) is 54.7 Å². The minimum atomic E-state index is -0.108. The molecule has 23 heavy (non-hydrogen) atoms. The van der Waals surface area contributed by atoms with Crippen molar-refractivity contribution in [1.29, 1.82) is 0 Å². The molecular formula is C18H24N2O3. The molecule has 0 saturated heterocycles. The maximum Gasteiger partial charge on any atom is 0.251 e. The van der Waals surface area contributed by atoms with Crippen LogP contribution in [0.1, 0.15) is 34.8 Å². The fourth-order valence-electron chi connectivity index (χ4n) is 2.33. The molecule has 5 heteroatoms. The third-order valence-electron chi connectivity index (χ3n) is 3.60. The molecule has 0 radical (unpaired) electrons. The molecule has 0 saturated carbocycles. The molecule has 1 atom stereocenters. The van der Waals surface area contributed by atoms with E-state index < -0.39 is 0 Å². The van der Waals surface area contributed by atoms with Crippen molar-refractivity contribution in [3.8, 4) is 5.75 Å². The van der Waals surface area contributed by atoms with Crippen molar-refractivity contribution in [2.75, 3.05) is 27.2 Å². The lowest BCUT2D eigenvalue weighted by molar-refractivity contribution is 0.0939. The Hall–Kier alpha value is -2.27. The first-order valence-electron chi connectivity index (χ1n) is 7.75. The third-order valence-corrected chi connectivity index (χ3v) is 3.60. The highest BCUT2D eigenvalue weighted by atomic mass is 16.5. The number of carbonyl (C=O) groups is 1. The van der Waals surface area contributed by atoms with Gasteiger partial charge in [-0.3, -0.25) is 9.69 Å². The number of amides is 1. The number of likely N-dealkylation sites (N-methyl/N-ethyl adjacent to an activating group) is 1. The Morgan fingerprint density at radius 1 is 1.22 bits per heavy atom. The van der Waals surface area contributed by atoms with E-state index in [4.69, 9.17) is 9.15 Å². The number of benzene rings is 1. The summed E-state index contributed by atoms with van der Waals surface area (Å²) in [5, 5.41) is 2.96. The van der Waals surface area contributed by atoms with Crippen LogP contribution in [0.2, 0.25) is 0 Å². The van der Waals surface area contributed by atoms with Gasteiger partial charge in [0.05, 0.1) is 12.6 Å². The highest BCUT2D eigenvalue weighted by Crippen LogP contribution is 2.20. The van der Waals surface area contributed by atoms with Gasteiger partial charge in [0.2, 0.25) is 0 Å². The van der Waals surface area contributed by atoms with Gasteiger partial charge in [0.1, 0.15) is 17.3 Å². The molecule has 2 aromatic rings. The average Bonchev–Trinajstić information content (AvgIpc) is 2.94. The summed E-state index contributed by atoms with van der Waals surface area (Å²) < 4.78 is 11.1. The Bertz CT molecular complexity index is 632. The first-order valence-corrected chi connectivity index (χ1v) is 7.75. The largest absolute Gasteiger partial charge is 0.494 e. The quantitative estimate of drug-likeness (QED) is 0.853. The van der Waals surface area contributed by atoms with Crippen molar-refractivity contribution in [2.24, 2.45) is 0 Å². The van der Waals surface area contributed by atoms with Crippen LogP contribution in [0, 0.1) is 6.92 Å². The molecule has 124 valence electrons. The van der Waals surface area contributed by atoms with Crippen LogP contribution >= 0.6 is 0 Å². The zero-order valence-corrected chi connectivity index (χ0v) is 14.1. The molecule has 0 aliphatic rings. The zero-order valence-electron chi connectivity index (χ0n) is 14.1. The van der Waals surface area contributed by atoms with Gasteiger partial charge < -0.3 is 14.5 Å². The van der Waals surface area contributed by atoms with E-state index >= 15 is 0 Å². The van der Waals surface area contributed by atoms with E-state index in [1.807, 2.05) is 45.0 Å². The molecule has 1 aromatic heterocycles. The van der Waals surface area contributed by atoms with Crippen LogP contribution in [0.25, 0.3) is 0 Å². The molecule has 0 fully saturated rings. The minimum absolute atomic E-state index is 0.00431. The molecule has 0 spiro atoms. The highest BCUT2D eigenvalue weighted by Gasteiger charge is 2.19. The number of rotatable bonds is 7. The van der Waals surface area contributed by atoms with Crippen LogP contribution in [-0.2, 0) is 0 Å². The predicted octanol–water partition coefficient (Wildman–Crippen LogP) is 3.02. The van der Waals surface area contributed by atoms with Crippen LogP contribution in [0.15, 0.2) is 40.8 Å². The van der Waals surface area contributed by atoms with Crippen LogP contribution in [-0.4, -0.2) is 38.1 Å². The van der Waals surface area contributed by atoms with Crippen molar-refractivity contribution in [3.05, 3.63) is 53.5 Å². The number of carbonyl (C=O) groups excluding carboxylic acids is 1. The molecule has 5 nitrogen and oxygen atoms in total. The van der Waals surface area contributed by atoms with Crippen LogP contribution in [0.5, 0.6) is 5.75 Å². The lowest BCUT2D eigenvalue weighted by Crippen LogP contribution is -2.34. The number of nitrogens with one attached hydrogen (secondary N) is 1. The predicted molar refractivity (Wildman–Crippen MR) is 89.8 cm³/mol. The lowest BCUT2D eigenvalue weighted by atomic mass is 10.1. The van der Waals surface area contributed by atoms with Gasteiger partial charge in [-0.05, 0) is 64.3 Å². The van der Waals surface area contributed by atoms with Crippen LogP contribution < -0.4 is 10.1 Å². The van der Waals surface area contributed by atoms with E-state index in [1.54, 1.807) is 24.3 Å². The van der Waals surface area contributed by atoms with E-state index in [2.05, 4.69) is 5.32 Å². The zero-order chi connectivity index (χ0) is 16.8. The number of hydrogen-bond acceptors (Lipinski definition) is 4. The molecule has 1 aromatic carbocycles. The van der Waals surface area contributed by atoms with Crippen molar-refractivity contribution in [2.45, 2.75) is 19.9 Å². The molecule has 1 heterocycles. The molecule has 1 unspecified atom stereocenters. The maximum absolute atomic E-state index is 12.3. The summed E-state index contributed by atoms with van der Waals surface area (Å²) in [6, 6.07) is 11.0. The van der Waals surface area contributed by atoms with E-state index in [1.165, 1.54) is 0 Å². The Balaban J connectivity index is 1.98. The van der Waals surface area contributed by atoms with Gasteiger partial charge in [0.25, 0.3) is 5.91 Å². The Kier molecular flexibility index (Phi) is 5.82. The lowest BCUT2D eigenvalue weighted by Gasteiger charge is -2.22. The number of ether oxygens (including phenoxy) is 1. The van der Waals surface area contributed by atoms with E-state index in [9.17, 15) is 4.79 Å². The fourth-order valence-corrected chi connectivity index (χ4v) is 2.33. The van der Waals surface area contributed by atoms with E-state index in [0.29, 0.717) is 18.7 Å². The summed E-state index contributed by atoms with van der Waals surface area (Å²) in [5.41, 5.74) is 0.613. The van der Waals surface area contributed by atoms with E-state index in [0.717, 1.165) is 17.3 Å². The number of hydrogen-bond donors (Lipinski definition) is 1.